The van der Waals surface area contributed by atoms with E-state index < -0.39 is 11.9 Å². The molecule has 2 rings (SSSR count). The Morgan fingerprint density at radius 1 is 0.786 bits per heavy atom. The van der Waals surface area contributed by atoms with Crippen molar-refractivity contribution in [3.8, 4) is 0 Å². The minimum absolute atomic E-state index is 0.280. The maximum atomic E-state index is 10.2. The molecule has 28 heavy (non-hydrogen) atoms. The van der Waals surface area contributed by atoms with Gasteiger partial charge in [-0.05, 0) is 43.0 Å². The Balaban J connectivity index is 0.000000391. The zero-order valence-electron chi connectivity index (χ0n) is 16.2. The van der Waals surface area contributed by atoms with Crippen LogP contribution in [-0.4, -0.2) is 45.6 Å². The summed E-state index contributed by atoms with van der Waals surface area (Å²) in [5, 5.41) is 34.0. The molecule has 0 fully saturated rings. The van der Waals surface area contributed by atoms with Gasteiger partial charge < -0.3 is 20.4 Å². The zero-order valence-corrected chi connectivity index (χ0v) is 16.2. The summed E-state index contributed by atoms with van der Waals surface area (Å²) >= 11 is 0. The van der Waals surface area contributed by atoms with E-state index in [2.05, 4.69) is 6.92 Å². The lowest BCUT2D eigenvalue weighted by Gasteiger charge is -2.09. The monoisotopic (exact) mass is 390 g/mol. The second-order valence-corrected chi connectivity index (χ2v) is 6.02. The van der Waals surface area contributed by atoms with Gasteiger partial charge in [-0.3, -0.25) is 0 Å². The third-order valence-corrected chi connectivity index (χ3v) is 3.90. The van der Waals surface area contributed by atoms with Gasteiger partial charge in [-0.15, -0.1) is 0 Å². The summed E-state index contributed by atoms with van der Waals surface area (Å²) in [5.74, 6) is -1.31. The van der Waals surface area contributed by atoms with Crippen LogP contribution in [0.2, 0.25) is 0 Å². The second kappa shape index (κ2) is 16.5. The number of aliphatic hydroxyl groups excluding tert-OH is 2. The molecule has 0 saturated heterocycles. The molecule has 0 bridgehead atoms. The van der Waals surface area contributed by atoms with Crippen molar-refractivity contribution in [2.75, 3.05) is 13.2 Å². The van der Waals surface area contributed by atoms with Gasteiger partial charge in [-0.2, -0.15) is 0 Å². The molecule has 0 aliphatic heterocycles. The number of aromatic carboxylic acids is 2. The number of rotatable bonds is 8. The molecule has 0 amide bonds. The van der Waals surface area contributed by atoms with E-state index >= 15 is 0 Å². The van der Waals surface area contributed by atoms with Crippen LogP contribution in [0.4, 0.5) is 0 Å². The molecule has 0 aromatic heterocycles. The fourth-order valence-electron chi connectivity index (χ4n) is 2.13. The predicted octanol–water partition coefficient (Wildman–Crippen LogP) is 3.94. The molecule has 0 aliphatic carbocycles. The first-order valence-corrected chi connectivity index (χ1v) is 9.24. The topological polar surface area (TPSA) is 115 Å². The van der Waals surface area contributed by atoms with Crippen LogP contribution in [0, 0.1) is 5.92 Å². The third kappa shape index (κ3) is 12.6. The van der Waals surface area contributed by atoms with Crippen LogP contribution in [-0.2, 0) is 0 Å². The smallest absolute Gasteiger partial charge is 0.335 e. The Labute approximate surface area is 166 Å². The summed E-state index contributed by atoms with van der Waals surface area (Å²) in [6.07, 6.45) is 4.00. The standard InChI is InChI=1S/C8H18O2.2C7H6O2/c1-2-8(7-10)5-3-4-6-9;2*8-7(9)6-4-2-1-3-5-6/h8-10H,2-7H2,1H3;2*1-5H,(H,8,9). The molecule has 2 aromatic rings. The number of carbonyl (C=O) groups is 2. The van der Waals surface area contributed by atoms with E-state index in [1.807, 2.05) is 0 Å². The Hall–Kier alpha value is -2.70. The largest absolute Gasteiger partial charge is 0.478 e. The Morgan fingerprint density at radius 3 is 1.46 bits per heavy atom. The normalized spacial score (nSPS) is 10.5. The average Bonchev–Trinajstić information content (AvgIpc) is 2.73. The average molecular weight is 390 g/mol. The molecular weight excluding hydrogens is 360 g/mol. The minimum Gasteiger partial charge on any atom is -0.478 e. The Bertz CT molecular complexity index is 589. The van der Waals surface area contributed by atoms with Crippen molar-refractivity contribution in [1.82, 2.24) is 0 Å². The van der Waals surface area contributed by atoms with E-state index in [9.17, 15) is 9.59 Å². The first-order chi connectivity index (χ1) is 13.5. The maximum absolute atomic E-state index is 10.2. The van der Waals surface area contributed by atoms with Crippen molar-refractivity contribution in [2.45, 2.75) is 32.6 Å². The molecule has 6 nitrogen and oxygen atoms in total. The van der Waals surface area contributed by atoms with Crippen molar-refractivity contribution in [3.05, 3.63) is 71.8 Å². The lowest BCUT2D eigenvalue weighted by Crippen LogP contribution is -2.04. The lowest BCUT2D eigenvalue weighted by atomic mass is 10.0. The molecule has 0 radical (unpaired) electrons. The SMILES string of the molecule is CCC(CO)CCCCO.O=C(O)c1ccccc1.O=C(O)c1ccccc1. The van der Waals surface area contributed by atoms with Crippen LogP contribution in [0.1, 0.15) is 53.3 Å². The molecule has 4 N–H and O–H groups in total. The van der Waals surface area contributed by atoms with Gasteiger partial charge in [0, 0.05) is 13.2 Å². The number of unbranched alkanes of at least 4 members (excludes halogenated alkanes) is 1. The fraction of sp³-hybridized carbons (Fsp3) is 0.364. The van der Waals surface area contributed by atoms with Gasteiger partial charge in [0.15, 0.2) is 0 Å². The van der Waals surface area contributed by atoms with E-state index in [1.165, 1.54) is 0 Å². The maximum Gasteiger partial charge on any atom is 0.335 e. The summed E-state index contributed by atoms with van der Waals surface area (Å²) in [4.78, 5) is 20.4. The summed E-state index contributed by atoms with van der Waals surface area (Å²) in [6.45, 7) is 2.66. The number of hydrogen-bond acceptors (Lipinski definition) is 4. The van der Waals surface area contributed by atoms with Gasteiger partial charge in [0.2, 0.25) is 0 Å². The number of carboxylic acid groups (broad SMARTS) is 2. The third-order valence-electron chi connectivity index (χ3n) is 3.90. The molecule has 0 aliphatic rings. The van der Waals surface area contributed by atoms with E-state index in [1.54, 1.807) is 60.7 Å². The van der Waals surface area contributed by atoms with Crippen LogP contribution in [0.25, 0.3) is 0 Å². The van der Waals surface area contributed by atoms with E-state index in [-0.39, 0.29) is 6.61 Å². The van der Waals surface area contributed by atoms with Crippen molar-refractivity contribution in [3.63, 3.8) is 0 Å². The lowest BCUT2D eigenvalue weighted by molar-refractivity contribution is 0.0686. The van der Waals surface area contributed by atoms with E-state index in [0.717, 1.165) is 25.7 Å². The highest BCUT2D eigenvalue weighted by Crippen LogP contribution is 2.10. The Kier molecular flexibility index (Phi) is 14.9. The quantitative estimate of drug-likeness (QED) is 0.508. The number of aliphatic hydroxyl groups is 2. The highest BCUT2D eigenvalue weighted by Gasteiger charge is 2.02. The predicted molar refractivity (Wildman–Crippen MR) is 109 cm³/mol. The van der Waals surface area contributed by atoms with Crippen LogP contribution in [0.5, 0.6) is 0 Å². The molecule has 154 valence electrons. The first-order valence-electron chi connectivity index (χ1n) is 9.24. The van der Waals surface area contributed by atoms with Gasteiger partial charge in [0.1, 0.15) is 0 Å². The van der Waals surface area contributed by atoms with E-state index in [0.29, 0.717) is 23.7 Å². The van der Waals surface area contributed by atoms with Gasteiger partial charge in [0.25, 0.3) is 0 Å². The zero-order chi connectivity index (χ0) is 21.2. The van der Waals surface area contributed by atoms with Gasteiger partial charge in [0.05, 0.1) is 11.1 Å². The first kappa shape index (κ1) is 25.3. The van der Waals surface area contributed by atoms with Crippen LogP contribution in [0.3, 0.4) is 0 Å². The van der Waals surface area contributed by atoms with Gasteiger partial charge >= 0.3 is 11.9 Å². The van der Waals surface area contributed by atoms with Crippen molar-refractivity contribution < 1.29 is 30.0 Å². The van der Waals surface area contributed by atoms with Crippen molar-refractivity contribution in [2.24, 2.45) is 5.92 Å². The van der Waals surface area contributed by atoms with Crippen molar-refractivity contribution in [1.29, 1.82) is 0 Å². The number of benzene rings is 2. The molecule has 0 saturated carbocycles. The molecule has 1 atom stereocenters. The number of hydrogen-bond donors (Lipinski definition) is 4. The summed E-state index contributed by atoms with van der Waals surface area (Å²) < 4.78 is 0. The molecule has 2 aromatic carbocycles. The van der Waals surface area contributed by atoms with Crippen LogP contribution in [0.15, 0.2) is 60.7 Å². The summed E-state index contributed by atoms with van der Waals surface area (Å²) in [5.41, 5.74) is 0.662. The molecule has 0 heterocycles. The highest BCUT2D eigenvalue weighted by atomic mass is 16.4. The fourth-order valence-corrected chi connectivity index (χ4v) is 2.13. The molecule has 1 unspecified atom stereocenters. The van der Waals surface area contributed by atoms with Crippen LogP contribution >= 0.6 is 0 Å². The highest BCUT2D eigenvalue weighted by molar-refractivity contribution is 5.87. The Morgan fingerprint density at radius 2 is 1.21 bits per heavy atom. The van der Waals surface area contributed by atoms with Gasteiger partial charge in [-0.25, -0.2) is 9.59 Å². The summed E-state index contributed by atoms with van der Waals surface area (Å²) in [7, 11) is 0. The molecule has 6 heteroatoms. The second-order valence-electron chi connectivity index (χ2n) is 6.02. The van der Waals surface area contributed by atoms with Crippen molar-refractivity contribution >= 4 is 11.9 Å². The van der Waals surface area contributed by atoms with Gasteiger partial charge in [-0.1, -0.05) is 56.2 Å². The minimum atomic E-state index is -0.879. The summed E-state index contributed by atoms with van der Waals surface area (Å²) in [6, 6.07) is 16.6. The molecular formula is C22H30O6. The van der Waals surface area contributed by atoms with Crippen LogP contribution < -0.4 is 0 Å². The molecule has 0 spiro atoms. The van der Waals surface area contributed by atoms with E-state index in [4.69, 9.17) is 20.4 Å². The number of carboxylic acids is 2.